The lowest BCUT2D eigenvalue weighted by atomic mass is 10.0. The molecule has 1 aliphatic rings. The van der Waals surface area contributed by atoms with E-state index in [1.807, 2.05) is 12.1 Å². The molecular formula is C11H10N2O2. The molecule has 0 spiro atoms. The van der Waals surface area contributed by atoms with Crippen LogP contribution >= 0.6 is 0 Å². The van der Waals surface area contributed by atoms with E-state index in [1.165, 1.54) is 0 Å². The van der Waals surface area contributed by atoms with E-state index in [0.717, 1.165) is 0 Å². The van der Waals surface area contributed by atoms with Crippen molar-refractivity contribution in [1.82, 2.24) is 4.68 Å². The SMILES string of the molecule is O=CC1(C=O)C=CC=CN1n1cccc1. The molecule has 1 aromatic heterocycles. The van der Waals surface area contributed by atoms with Gasteiger partial charge in [-0.25, -0.2) is 0 Å². The van der Waals surface area contributed by atoms with Crippen molar-refractivity contribution in [2.45, 2.75) is 5.54 Å². The number of carbonyl (C=O) groups is 2. The highest BCUT2D eigenvalue weighted by Gasteiger charge is 2.34. The normalized spacial score (nSPS) is 17.7. The van der Waals surface area contributed by atoms with Crippen LogP contribution in [0.4, 0.5) is 0 Å². The van der Waals surface area contributed by atoms with E-state index >= 15 is 0 Å². The molecule has 2 heterocycles. The van der Waals surface area contributed by atoms with Gasteiger partial charge in [-0.3, -0.25) is 19.3 Å². The van der Waals surface area contributed by atoms with Gasteiger partial charge in [-0.2, -0.15) is 0 Å². The minimum Gasteiger partial charge on any atom is -0.300 e. The molecule has 0 aromatic carbocycles. The molecule has 4 nitrogen and oxygen atoms in total. The van der Waals surface area contributed by atoms with Crippen molar-refractivity contribution < 1.29 is 9.59 Å². The van der Waals surface area contributed by atoms with Crippen molar-refractivity contribution in [3.05, 3.63) is 49.0 Å². The Balaban J connectivity index is 2.46. The number of carbonyl (C=O) groups excluding carboxylic acids is 2. The quantitative estimate of drug-likeness (QED) is 0.533. The zero-order valence-electron chi connectivity index (χ0n) is 7.98. The van der Waals surface area contributed by atoms with Gasteiger partial charge in [0.15, 0.2) is 18.1 Å². The Hall–Kier alpha value is -2.10. The summed E-state index contributed by atoms with van der Waals surface area (Å²) in [6, 6.07) is 3.65. The standard InChI is InChI=1S/C11H10N2O2/c14-9-11(10-15)5-1-2-8-13(11)12-6-3-4-7-12/h1-10H. The van der Waals surface area contributed by atoms with Gasteiger partial charge in [-0.05, 0) is 24.3 Å². The lowest BCUT2D eigenvalue weighted by Gasteiger charge is -2.34. The summed E-state index contributed by atoms with van der Waals surface area (Å²) in [5.74, 6) is 0. The first kappa shape index (κ1) is 9.45. The lowest BCUT2D eigenvalue weighted by molar-refractivity contribution is -0.119. The second kappa shape index (κ2) is 3.57. The van der Waals surface area contributed by atoms with E-state index in [2.05, 4.69) is 0 Å². The Labute approximate surface area is 87.1 Å². The van der Waals surface area contributed by atoms with Crippen LogP contribution in [-0.4, -0.2) is 22.8 Å². The van der Waals surface area contributed by atoms with Crippen LogP contribution in [0.15, 0.2) is 49.0 Å². The van der Waals surface area contributed by atoms with E-state index in [0.29, 0.717) is 12.6 Å². The summed E-state index contributed by atoms with van der Waals surface area (Å²) in [7, 11) is 0. The van der Waals surface area contributed by atoms with Crippen LogP contribution in [0.25, 0.3) is 0 Å². The zero-order chi connectivity index (χ0) is 10.7. The molecule has 0 aliphatic carbocycles. The van der Waals surface area contributed by atoms with Crippen molar-refractivity contribution in [3.63, 3.8) is 0 Å². The highest BCUT2D eigenvalue weighted by atomic mass is 16.1. The third-order valence-corrected chi connectivity index (χ3v) is 2.31. The average Bonchev–Trinajstić information content (AvgIpc) is 2.82. The third kappa shape index (κ3) is 1.40. The molecule has 0 saturated heterocycles. The molecule has 15 heavy (non-hydrogen) atoms. The maximum atomic E-state index is 11.0. The molecule has 0 N–H and O–H groups in total. The van der Waals surface area contributed by atoms with Gasteiger partial charge in [0.25, 0.3) is 0 Å². The fraction of sp³-hybridized carbons (Fsp3) is 0.0909. The Morgan fingerprint density at radius 1 is 1.00 bits per heavy atom. The predicted octanol–water partition coefficient (Wildman–Crippen LogP) is 0.646. The first-order valence-electron chi connectivity index (χ1n) is 4.54. The van der Waals surface area contributed by atoms with Crippen LogP contribution in [-0.2, 0) is 9.59 Å². The van der Waals surface area contributed by atoms with E-state index in [4.69, 9.17) is 0 Å². The molecule has 0 saturated carbocycles. The number of allylic oxidation sites excluding steroid dienone is 2. The van der Waals surface area contributed by atoms with Gasteiger partial charge in [0.2, 0.25) is 0 Å². The first-order valence-corrected chi connectivity index (χ1v) is 4.54. The molecule has 1 aromatic rings. The third-order valence-electron chi connectivity index (χ3n) is 2.31. The molecule has 1 aliphatic heterocycles. The zero-order valence-corrected chi connectivity index (χ0v) is 7.98. The van der Waals surface area contributed by atoms with Gasteiger partial charge in [0.1, 0.15) is 0 Å². The van der Waals surface area contributed by atoms with Gasteiger partial charge >= 0.3 is 0 Å². The Bertz CT molecular complexity index is 410. The van der Waals surface area contributed by atoms with Crippen LogP contribution in [0.3, 0.4) is 0 Å². The van der Waals surface area contributed by atoms with Crippen molar-refractivity contribution in [2.75, 3.05) is 5.01 Å². The molecule has 76 valence electrons. The monoisotopic (exact) mass is 202 g/mol. The summed E-state index contributed by atoms with van der Waals surface area (Å²) in [6.07, 6.45) is 11.5. The summed E-state index contributed by atoms with van der Waals surface area (Å²) in [6.45, 7) is 0. The van der Waals surface area contributed by atoms with E-state index < -0.39 is 5.54 Å². The van der Waals surface area contributed by atoms with Gasteiger partial charge in [0, 0.05) is 18.6 Å². The van der Waals surface area contributed by atoms with Crippen molar-refractivity contribution in [1.29, 1.82) is 0 Å². The molecule has 0 unspecified atom stereocenters. The second-order valence-corrected chi connectivity index (χ2v) is 3.23. The summed E-state index contributed by atoms with van der Waals surface area (Å²) in [5.41, 5.74) is -1.23. The number of aromatic nitrogens is 1. The maximum Gasteiger partial charge on any atom is 0.189 e. The number of hydrogen-bond donors (Lipinski definition) is 0. The fourth-order valence-electron chi connectivity index (χ4n) is 1.51. The minimum atomic E-state index is -1.23. The second-order valence-electron chi connectivity index (χ2n) is 3.23. The molecule has 0 fully saturated rings. The number of nitrogens with zero attached hydrogens (tertiary/aromatic N) is 2. The summed E-state index contributed by atoms with van der Waals surface area (Å²) in [5, 5.41) is 1.56. The van der Waals surface area contributed by atoms with E-state index in [-0.39, 0.29) is 0 Å². The van der Waals surface area contributed by atoms with E-state index in [9.17, 15) is 9.59 Å². The van der Waals surface area contributed by atoms with Gasteiger partial charge in [-0.1, -0.05) is 6.08 Å². The van der Waals surface area contributed by atoms with Crippen LogP contribution in [0.5, 0.6) is 0 Å². The van der Waals surface area contributed by atoms with Crippen molar-refractivity contribution in [2.24, 2.45) is 0 Å². The number of aldehydes is 2. The number of hydrogen-bond acceptors (Lipinski definition) is 3. The minimum absolute atomic E-state index is 0.625. The van der Waals surface area contributed by atoms with Crippen LogP contribution in [0.2, 0.25) is 0 Å². The first-order chi connectivity index (χ1) is 7.32. The Morgan fingerprint density at radius 3 is 2.27 bits per heavy atom. The topological polar surface area (TPSA) is 42.3 Å². The molecule has 0 radical (unpaired) electrons. The van der Waals surface area contributed by atoms with E-state index in [1.54, 1.807) is 46.5 Å². The largest absolute Gasteiger partial charge is 0.300 e. The summed E-state index contributed by atoms with van der Waals surface area (Å²) in [4.78, 5) is 22.1. The summed E-state index contributed by atoms with van der Waals surface area (Å²) < 4.78 is 1.68. The predicted molar refractivity (Wildman–Crippen MR) is 55.8 cm³/mol. The molecule has 0 bridgehead atoms. The molecule has 0 amide bonds. The summed E-state index contributed by atoms with van der Waals surface area (Å²) >= 11 is 0. The molecule has 0 atom stereocenters. The molecular weight excluding hydrogens is 192 g/mol. The Kier molecular flexibility index (Phi) is 2.25. The smallest absolute Gasteiger partial charge is 0.189 e. The molecule has 2 rings (SSSR count). The van der Waals surface area contributed by atoms with Crippen molar-refractivity contribution >= 4 is 12.6 Å². The lowest BCUT2D eigenvalue weighted by Crippen LogP contribution is -2.53. The fourth-order valence-corrected chi connectivity index (χ4v) is 1.51. The molecule has 4 heteroatoms. The highest BCUT2D eigenvalue weighted by Crippen LogP contribution is 2.16. The van der Waals surface area contributed by atoms with Crippen molar-refractivity contribution in [3.8, 4) is 0 Å². The average molecular weight is 202 g/mol. The maximum absolute atomic E-state index is 11.0. The van der Waals surface area contributed by atoms with Gasteiger partial charge in [-0.15, -0.1) is 0 Å². The van der Waals surface area contributed by atoms with Gasteiger partial charge in [0.05, 0.1) is 0 Å². The Morgan fingerprint density at radius 2 is 1.67 bits per heavy atom. The number of rotatable bonds is 3. The van der Waals surface area contributed by atoms with Gasteiger partial charge < -0.3 is 0 Å². The van der Waals surface area contributed by atoms with Crippen LogP contribution in [0, 0.1) is 0 Å². The highest BCUT2D eigenvalue weighted by molar-refractivity contribution is 5.96. The van der Waals surface area contributed by atoms with Crippen LogP contribution < -0.4 is 5.01 Å². The van der Waals surface area contributed by atoms with Crippen LogP contribution in [0.1, 0.15) is 0 Å².